The van der Waals surface area contributed by atoms with Crippen molar-refractivity contribution in [3.8, 4) is 0 Å². The number of carbonyl (C=O) groups excluding carboxylic acids is 2. The van der Waals surface area contributed by atoms with Gasteiger partial charge in [0.05, 0.1) is 25.6 Å². The van der Waals surface area contributed by atoms with Gasteiger partial charge in [-0.2, -0.15) is 0 Å². The van der Waals surface area contributed by atoms with Crippen LogP contribution in [0.25, 0.3) is 10.2 Å². The first kappa shape index (κ1) is 22.2. The number of rotatable bonds is 5. The first-order valence-corrected chi connectivity index (χ1v) is 13.0. The molecule has 0 unspecified atom stereocenters. The lowest BCUT2D eigenvalue weighted by Gasteiger charge is -2.09. The quantitative estimate of drug-likeness (QED) is 0.527. The number of hydrogen-bond donors (Lipinski definition) is 2. The molecular weight excluding hydrogens is 474 g/mol. The Bertz CT molecular complexity index is 1370. The smallest absolute Gasteiger partial charge is 0.283 e. The van der Waals surface area contributed by atoms with Gasteiger partial charge in [0.1, 0.15) is 5.21 Å². The van der Waals surface area contributed by atoms with Gasteiger partial charge in [-0.1, -0.05) is 23.5 Å². The Balaban J connectivity index is 1.79. The SMILES string of the molecule is CS(=O)(=O)c1ccc2nc(NC(=O)NC(=O)c3ccccc3S(=O)(=O)CCl)sc2c1. The first-order valence-electron chi connectivity index (χ1n) is 8.12. The van der Waals surface area contributed by atoms with Crippen molar-refractivity contribution in [2.75, 3.05) is 16.8 Å². The van der Waals surface area contributed by atoms with E-state index in [1.807, 2.05) is 5.32 Å². The Morgan fingerprint density at radius 3 is 2.47 bits per heavy atom. The monoisotopic (exact) mass is 487 g/mol. The molecule has 0 fully saturated rings. The summed E-state index contributed by atoms with van der Waals surface area (Å²) in [7, 11) is -7.29. The minimum atomic E-state index is -3.89. The van der Waals surface area contributed by atoms with E-state index in [-0.39, 0.29) is 20.5 Å². The Morgan fingerprint density at radius 1 is 1.10 bits per heavy atom. The highest BCUT2D eigenvalue weighted by Crippen LogP contribution is 2.28. The van der Waals surface area contributed by atoms with Gasteiger partial charge in [0, 0.05) is 6.26 Å². The number of sulfone groups is 2. The van der Waals surface area contributed by atoms with E-state index in [0.29, 0.717) is 10.2 Å². The lowest BCUT2D eigenvalue weighted by molar-refractivity contribution is 0.0964. The summed E-state index contributed by atoms with van der Waals surface area (Å²) in [5.74, 6) is -0.933. The van der Waals surface area contributed by atoms with Gasteiger partial charge in [0.25, 0.3) is 5.91 Å². The normalized spacial score (nSPS) is 11.9. The van der Waals surface area contributed by atoms with Crippen molar-refractivity contribution in [3.05, 3.63) is 48.0 Å². The number of thiazole rings is 1. The molecule has 158 valence electrons. The molecule has 3 rings (SSSR count). The molecule has 3 aromatic rings. The van der Waals surface area contributed by atoms with E-state index in [9.17, 15) is 26.4 Å². The van der Waals surface area contributed by atoms with Crippen molar-refractivity contribution in [2.45, 2.75) is 9.79 Å². The molecule has 0 spiro atoms. The fraction of sp³-hybridized carbons (Fsp3) is 0.118. The van der Waals surface area contributed by atoms with Gasteiger partial charge in [-0.3, -0.25) is 15.4 Å². The number of fused-ring (bicyclic) bond motifs is 1. The standard InChI is InChI=1S/C17H14ClN3O6S3/c1-29(24,25)10-6-7-12-13(8-10)28-17(19-12)21-16(23)20-15(22)11-4-2-3-5-14(11)30(26,27)9-18/h2-8H,9H2,1H3,(H2,19,20,21,22,23). The number of hydrogen-bond acceptors (Lipinski definition) is 8. The van der Waals surface area contributed by atoms with Crippen LogP contribution in [0.4, 0.5) is 9.93 Å². The van der Waals surface area contributed by atoms with Crippen LogP contribution in [-0.2, 0) is 19.7 Å². The Morgan fingerprint density at radius 2 is 1.80 bits per heavy atom. The molecule has 1 heterocycles. The summed E-state index contributed by atoms with van der Waals surface area (Å²) in [6.45, 7) is 0. The fourth-order valence-electron chi connectivity index (χ4n) is 2.47. The summed E-state index contributed by atoms with van der Waals surface area (Å²) < 4.78 is 47.9. The third-order valence-corrected chi connectivity index (χ3v) is 8.07. The van der Waals surface area contributed by atoms with Crippen LogP contribution >= 0.6 is 22.9 Å². The molecule has 0 radical (unpaired) electrons. The highest BCUT2D eigenvalue weighted by molar-refractivity contribution is 7.92. The van der Waals surface area contributed by atoms with E-state index >= 15 is 0 Å². The van der Waals surface area contributed by atoms with Gasteiger partial charge in [-0.25, -0.2) is 26.6 Å². The van der Waals surface area contributed by atoms with Gasteiger partial charge >= 0.3 is 6.03 Å². The number of amides is 3. The fourth-order valence-corrected chi connectivity index (χ4v) is 5.35. The number of benzene rings is 2. The second kappa shape index (κ2) is 8.30. The molecule has 0 aliphatic heterocycles. The van der Waals surface area contributed by atoms with Crippen LogP contribution in [0.2, 0.25) is 0 Å². The molecule has 30 heavy (non-hydrogen) atoms. The number of nitrogens with one attached hydrogen (secondary N) is 2. The largest absolute Gasteiger partial charge is 0.327 e. The zero-order valence-electron chi connectivity index (χ0n) is 15.2. The predicted molar refractivity (Wildman–Crippen MR) is 114 cm³/mol. The van der Waals surface area contributed by atoms with Gasteiger partial charge < -0.3 is 0 Å². The van der Waals surface area contributed by atoms with Crippen LogP contribution < -0.4 is 10.6 Å². The lowest BCUT2D eigenvalue weighted by Crippen LogP contribution is -2.35. The molecule has 0 aliphatic carbocycles. The molecule has 0 saturated carbocycles. The average molecular weight is 488 g/mol. The van der Waals surface area contributed by atoms with Crippen molar-refractivity contribution < 1.29 is 26.4 Å². The van der Waals surface area contributed by atoms with Gasteiger partial charge in [-0.05, 0) is 30.3 Å². The van der Waals surface area contributed by atoms with Crippen LogP contribution in [0.1, 0.15) is 10.4 Å². The molecular formula is C17H14ClN3O6S3. The zero-order chi connectivity index (χ0) is 22.1. The summed E-state index contributed by atoms with van der Waals surface area (Å²) in [5, 5.41) is 3.82. The van der Waals surface area contributed by atoms with E-state index < -0.39 is 36.8 Å². The zero-order valence-corrected chi connectivity index (χ0v) is 18.5. The third kappa shape index (κ3) is 4.78. The predicted octanol–water partition coefficient (Wildman–Crippen LogP) is 2.63. The van der Waals surface area contributed by atoms with Crippen LogP contribution in [-0.4, -0.2) is 45.2 Å². The highest BCUT2D eigenvalue weighted by atomic mass is 35.5. The van der Waals surface area contributed by atoms with Crippen molar-refractivity contribution in [2.24, 2.45) is 0 Å². The average Bonchev–Trinajstić information content (AvgIpc) is 3.08. The van der Waals surface area contributed by atoms with Crippen molar-refractivity contribution in [3.63, 3.8) is 0 Å². The van der Waals surface area contributed by atoms with E-state index in [0.717, 1.165) is 17.6 Å². The lowest BCUT2D eigenvalue weighted by atomic mass is 10.2. The van der Waals surface area contributed by atoms with E-state index in [2.05, 4.69) is 10.3 Å². The summed E-state index contributed by atoms with van der Waals surface area (Å²) in [6.07, 6.45) is 1.08. The van der Waals surface area contributed by atoms with Crippen LogP contribution in [0.3, 0.4) is 0 Å². The summed E-state index contributed by atoms with van der Waals surface area (Å²) in [4.78, 5) is 28.5. The molecule has 0 atom stereocenters. The van der Waals surface area contributed by atoms with Crippen LogP contribution in [0.15, 0.2) is 52.3 Å². The third-order valence-electron chi connectivity index (χ3n) is 3.85. The number of anilines is 1. The topological polar surface area (TPSA) is 139 Å². The number of imide groups is 1. The number of aromatic nitrogens is 1. The first-order chi connectivity index (χ1) is 14.0. The Labute approximate surface area is 180 Å². The molecule has 9 nitrogen and oxygen atoms in total. The highest BCUT2D eigenvalue weighted by Gasteiger charge is 2.22. The Kier molecular flexibility index (Phi) is 6.13. The van der Waals surface area contributed by atoms with Gasteiger partial charge in [0.2, 0.25) is 0 Å². The van der Waals surface area contributed by atoms with Gasteiger partial charge in [-0.15, -0.1) is 11.6 Å². The van der Waals surface area contributed by atoms with Crippen LogP contribution in [0, 0.1) is 0 Å². The minimum Gasteiger partial charge on any atom is -0.283 e. The molecule has 3 amide bonds. The molecule has 2 aromatic carbocycles. The number of nitrogens with zero attached hydrogens (tertiary/aromatic N) is 1. The maximum atomic E-state index is 12.4. The second-order valence-corrected chi connectivity index (χ2v) is 11.6. The number of alkyl halides is 1. The Hall–Kier alpha value is -2.54. The van der Waals surface area contributed by atoms with E-state index in [1.165, 1.54) is 42.5 Å². The van der Waals surface area contributed by atoms with Crippen molar-refractivity contribution in [1.29, 1.82) is 0 Å². The second-order valence-electron chi connectivity index (χ2n) is 6.05. The molecule has 0 aliphatic rings. The maximum Gasteiger partial charge on any atom is 0.327 e. The maximum absolute atomic E-state index is 12.4. The minimum absolute atomic E-state index is 0.113. The molecule has 2 N–H and O–H groups in total. The number of halogens is 1. The van der Waals surface area contributed by atoms with Gasteiger partial charge in [0.15, 0.2) is 24.8 Å². The summed E-state index contributed by atoms with van der Waals surface area (Å²) in [6, 6.07) is 8.77. The van der Waals surface area contributed by atoms with E-state index in [1.54, 1.807) is 0 Å². The molecule has 0 saturated heterocycles. The van der Waals surface area contributed by atoms with Crippen molar-refractivity contribution in [1.82, 2.24) is 10.3 Å². The summed E-state index contributed by atoms with van der Waals surface area (Å²) >= 11 is 6.47. The van der Waals surface area contributed by atoms with E-state index in [4.69, 9.17) is 11.6 Å². The number of urea groups is 1. The molecule has 1 aromatic heterocycles. The number of carbonyl (C=O) groups is 2. The molecule has 13 heteroatoms. The summed E-state index contributed by atoms with van der Waals surface area (Å²) in [5.41, 5.74) is 0.239. The van der Waals surface area contributed by atoms with Crippen molar-refractivity contribution >= 4 is 69.9 Å². The van der Waals surface area contributed by atoms with Crippen LogP contribution in [0.5, 0.6) is 0 Å². The molecule has 0 bridgehead atoms.